The zero-order valence-corrected chi connectivity index (χ0v) is 16.2. The van der Waals surface area contributed by atoms with Gasteiger partial charge in [-0.2, -0.15) is 4.31 Å². The van der Waals surface area contributed by atoms with Gasteiger partial charge in [-0.25, -0.2) is 13.2 Å². The topological polar surface area (TPSA) is 107 Å². The molecule has 0 aliphatic rings. The summed E-state index contributed by atoms with van der Waals surface area (Å²) in [6.07, 6.45) is 0. The van der Waals surface area contributed by atoms with Gasteiger partial charge in [0.05, 0.1) is 22.0 Å². The Balaban J connectivity index is 2.25. The first-order valence-electron chi connectivity index (χ1n) is 7.83. The molecule has 2 rings (SSSR count). The maximum absolute atomic E-state index is 12.7. The van der Waals surface area contributed by atoms with Crippen molar-refractivity contribution in [2.75, 3.05) is 13.7 Å². The van der Waals surface area contributed by atoms with Crippen molar-refractivity contribution in [2.45, 2.75) is 18.4 Å². The number of nitrogens with zero attached hydrogens (tertiary/aromatic N) is 2. The van der Waals surface area contributed by atoms with Crippen LogP contribution in [0.4, 0.5) is 5.69 Å². The van der Waals surface area contributed by atoms with E-state index in [0.29, 0.717) is 5.56 Å². The van der Waals surface area contributed by atoms with Gasteiger partial charge in [0.1, 0.15) is 0 Å². The van der Waals surface area contributed by atoms with E-state index in [2.05, 4.69) is 0 Å². The summed E-state index contributed by atoms with van der Waals surface area (Å²) >= 11 is 6.03. The Labute approximate surface area is 161 Å². The van der Waals surface area contributed by atoms with Crippen molar-refractivity contribution in [1.82, 2.24) is 4.31 Å². The summed E-state index contributed by atoms with van der Waals surface area (Å²) in [4.78, 5) is 21.9. The maximum atomic E-state index is 12.7. The van der Waals surface area contributed by atoms with Crippen molar-refractivity contribution in [1.29, 1.82) is 0 Å². The third kappa shape index (κ3) is 4.82. The van der Waals surface area contributed by atoms with Crippen LogP contribution in [-0.4, -0.2) is 37.3 Å². The van der Waals surface area contributed by atoms with Crippen molar-refractivity contribution < 1.29 is 22.9 Å². The van der Waals surface area contributed by atoms with Crippen molar-refractivity contribution in [2.24, 2.45) is 0 Å². The average molecular weight is 413 g/mol. The number of carbonyl (C=O) groups excluding carboxylic acids is 1. The van der Waals surface area contributed by atoms with Crippen LogP contribution in [0.15, 0.2) is 47.4 Å². The summed E-state index contributed by atoms with van der Waals surface area (Å²) in [6, 6.07) is 9.15. The van der Waals surface area contributed by atoms with E-state index in [1.165, 1.54) is 49.5 Å². The van der Waals surface area contributed by atoms with Crippen molar-refractivity contribution in [3.05, 3.63) is 68.7 Å². The first-order valence-corrected chi connectivity index (χ1v) is 9.65. The number of hydrogen-bond donors (Lipinski definition) is 0. The minimum atomic E-state index is -3.89. The lowest BCUT2D eigenvalue weighted by Gasteiger charge is -2.18. The van der Waals surface area contributed by atoms with E-state index in [1.54, 1.807) is 6.92 Å². The number of esters is 1. The lowest BCUT2D eigenvalue weighted by atomic mass is 10.2. The third-order valence-corrected chi connectivity index (χ3v) is 5.89. The molecular formula is C17H17ClN2O6S. The number of hydrogen-bond acceptors (Lipinski definition) is 6. The van der Waals surface area contributed by atoms with Crippen LogP contribution >= 0.6 is 11.6 Å². The van der Waals surface area contributed by atoms with E-state index in [1.807, 2.05) is 0 Å². The van der Waals surface area contributed by atoms with Crippen LogP contribution in [0.2, 0.25) is 5.02 Å². The van der Waals surface area contributed by atoms with Crippen LogP contribution < -0.4 is 0 Å². The fraction of sp³-hybridized carbons (Fsp3) is 0.235. The van der Waals surface area contributed by atoms with Gasteiger partial charge < -0.3 is 4.74 Å². The van der Waals surface area contributed by atoms with Gasteiger partial charge in [0.2, 0.25) is 10.0 Å². The molecule has 0 aliphatic carbocycles. The smallest absolute Gasteiger partial charge is 0.338 e. The third-order valence-electron chi connectivity index (χ3n) is 3.71. The van der Waals surface area contributed by atoms with E-state index in [0.717, 1.165) is 4.31 Å². The van der Waals surface area contributed by atoms with Crippen LogP contribution in [0.25, 0.3) is 0 Å². The molecule has 0 unspecified atom stereocenters. The second-order valence-corrected chi connectivity index (χ2v) is 7.99. The molecule has 0 amide bonds. The van der Waals surface area contributed by atoms with Gasteiger partial charge in [0.25, 0.3) is 5.69 Å². The number of ether oxygens (including phenoxy) is 1. The van der Waals surface area contributed by atoms with Crippen LogP contribution in [0.1, 0.15) is 22.8 Å². The fourth-order valence-electron chi connectivity index (χ4n) is 2.28. The van der Waals surface area contributed by atoms with Crippen LogP contribution in [0.3, 0.4) is 0 Å². The number of sulfonamides is 1. The van der Waals surface area contributed by atoms with Crippen LogP contribution in [0, 0.1) is 10.1 Å². The lowest BCUT2D eigenvalue weighted by molar-refractivity contribution is -0.384. The van der Waals surface area contributed by atoms with Gasteiger partial charge in [-0.3, -0.25) is 10.1 Å². The molecule has 0 aromatic heterocycles. The van der Waals surface area contributed by atoms with E-state index in [-0.39, 0.29) is 34.3 Å². The second-order valence-electron chi connectivity index (χ2n) is 5.54. The molecule has 0 aliphatic heterocycles. The maximum Gasteiger partial charge on any atom is 0.338 e. The molecule has 2 aromatic rings. The minimum Gasteiger partial charge on any atom is -0.462 e. The second kappa shape index (κ2) is 8.47. The molecule has 2 aromatic carbocycles. The Kier molecular flexibility index (Phi) is 6.53. The van der Waals surface area contributed by atoms with Gasteiger partial charge >= 0.3 is 5.97 Å². The van der Waals surface area contributed by atoms with Gasteiger partial charge in [-0.15, -0.1) is 0 Å². The minimum absolute atomic E-state index is 0.0281. The lowest BCUT2D eigenvalue weighted by Crippen LogP contribution is -2.26. The van der Waals surface area contributed by atoms with E-state index in [4.69, 9.17) is 16.3 Å². The number of carbonyl (C=O) groups is 1. The Morgan fingerprint density at radius 3 is 2.41 bits per heavy atom. The highest BCUT2D eigenvalue weighted by atomic mass is 35.5. The Morgan fingerprint density at radius 2 is 1.85 bits per heavy atom. The summed E-state index contributed by atoms with van der Waals surface area (Å²) in [5.74, 6) is -0.543. The van der Waals surface area contributed by atoms with Gasteiger partial charge in [0.15, 0.2) is 0 Å². The molecule has 144 valence electrons. The molecule has 0 N–H and O–H groups in total. The Hall–Kier alpha value is -2.49. The molecule has 0 heterocycles. The number of benzene rings is 2. The Bertz CT molecular complexity index is 960. The number of non-ortho nitro benzene ring substituents is 1. The molecule has 0 fully saturated rings. The standard InChI is InChI=1S/C17H17ClN2O6S/c1-3-26-17(21)12-4-7-15(8-5-12)27(24,25)19(2)11-13-10-14(20(22)23)6-9-16(13)18/h4-10H,3,11H2,1-2H3. The van der Waals surface area contributed by atoms with E-state index in [9.17, 15) is 23.3 Å². The molecule has 0 radical (unpaired) electrons. The number of nitro benzene ring substituents is 1. The quantitative estimate of drug-likeness (QED) is 0.392. The highest BCUT2D eigenvalue weighted by Crippen LogP contribution is 2.25. The molecule has 10 heteroatoms. The predicted molar refractivity (Wildman–Crippen MR) is 99.2 cm³/mol. The highest BCUT2D eigenvalue weighted by molar-refractivity contribution is 7.89. The number of rotatable bonds is 7. The van der Waals surface area contributed by atoms with Crippen LogP contribution in [-0.2, 0) is 21.3 Å². The van der Waals surface area contributed by atoms with Crippen molar-refractivity contribution in [3.63, 3.8) is 0 Å². The van der Waals surface area contributed by atoms with Gasteiger partial charge in [0, 0.05) is 30.7 Å². The molecule has 8 nitrogen and oxygen atoms in total. The number of halogens is 1. The van der Waals surface area contributed by atoms with Crippen molar-refractivity contribution in [3.8, 4) is 0 Å². The monoisotopic (exact) mass is 412 g/mol. The molecule has 0 spiro atoms. The molecule has 0 saturated carbocycles. The fourth-order valence-corrected chi connectivity index (χ4v) is 3.60. The van der Waals surface area contributed by atoms with E-state index >= 15 is 0 Å². The average Bonchev–Trinajstić information content (AvgIpc) is 2.63. The zero-order chi connectivity index (χ0) is 20.2. The van der Waals surface area contributed by atoms with E-state index < -0.39 is 20.9 Å². The molecule has 0 bridgehead atoms. The predicted octanol–water partition coefficient (Wildman–Crippen LogP) is 3.25. The summed E-state index contributed by atoms with van der Waals surface area (Å²) < 4.78 is 31.3. The van der Waals surface area contributed by atoms with Gasteiger partial charge in [-0.05, 0) is 42.8 Å². The zero-order valence-electron chi connectivity index (χ0n) is 14.6. The first-order chi connectivity index (χ1) is 12.7. The van der Waals surface area contributed by atoms with Crippen molar-refractivity contribution >= 4 is 33.3 Å². The molecular weight excluding hydrogens is 396 g/mol. The summed E-state index contributed by atoms with van der Waals surface area (Å²) in [5, 5.41) is 11.1. The number of nitro groups is 1. The van der Waals surface area contributed by atoms with Crippen LogP contribution in [0.5, 0.6) is 0 Å². The SMILES string of the molecule is CCOC(=O)c1ccc(S(=O)(=O)N(C)Cc2cc([N+](=O)[O-])ccc2Cl)cc1. The normalized spacial score (nSPS) is 11.4. The first kappa shape index (κ1) is 20.8. The summed E-state index contributed by atoms with van der Waals surface area (Å²) in [7, 11) is -2.55. The molecule has 27 heavy (non-hydrogen) atoms. The molecule has 0 atom stereocenters. The molecule has 0 saturated heterocycles. The summed E-state index contributed by atoms with van der Waals surface area (Å²) in [5.41, 5.74) is 0.360. The summed E-state index contributed by atoms with van der Waals surface area (Å²) in [6.45, 7) is 1.73. The highest BCUT2D eigenvalue weighted by Gasteiger charge is 2.23. The Morgan fingerprint density at radius 1 is 1.22 bits per heavy atom. The van der Waals surface area contributed by atoms with Gasteiger partial charge in [-0.1, -0.05) is 11.6 Å². The largest absolute Gasteiger partial charge is 0.462 e.